The fourth-order valence-corrected chi connectivity index (χ4v) is 6.16. The molecule has 1 rings (SSSR count). The van der Waals surface area contributed by atoms with Crippen molar-refractivity contribution in [1.82, 2.24) is 0 Å². The molecule has 0 fully saturated rings. The number of non-ortho nitro benzene ring substituents is 1. The second-order valence-corrected chi connectivity index (χ2v) is 14.2. The summed E-state index contributed by atoms with van der Waals surface area (Å²) in [5.41, 5.74) is -0.000938. The van der Waals surface area contributed by atoms with Crippen LogP contribution in [-0.4, -0.2) is 42.1 Å². The van der Waals surface area contributed by atoms with Crippen LogP contribution in [0.25, 0.3) is 0 Å². The zero-order chi connectivity index (χ0) is 37.2. The van der Waals surface area contributed by atoms with E-state index in [0.29, 0.717) is 12.8 Å². The van der Waals surface area contributed by atoms with Crippen molar-refractivity contribution in [2.24, 2.45) is 0 Å². The lowest BCUT2D eigenvalue weighted by Crippen LogP contribution is -2.31. The van der Waals surface area contributed by atoms with Gasteiger partial charge < -0.3 is 14.2 Å². The van der Waals surface area contributed by atoms with Crippen molar-refractivity contribution < 1.29 is 33.5 Å². The number of unbranched alkanes of at least 4 members (excludes halogenated alkanes) is 24. The van der Waals surface area contributed by atoms with Gasteiger partial charge in [-0.15, -0.1) is 0 Å². The maximum Gasteiger partial charge on any atom is 0.338 e. The molecule has 0 amide bonds. The SMILES string of the molecule is CCCCCCCCCCCCCCCC(=O)OC[C@@H](COC(=O)c1ccc([N+](=O)[O-])cc1)OC(=O)CCCCCCCCCCCCCCC. The van der Waals surface area contributed by atoms with Crippen LogP contribution in [0.15, 0.2) is 24.3 Å². The van der Waals surface area contributed by atoms with Crippen LogP contribution in [0.5, 0.6) is 0 Å². The van der Waals surface area contributed by atoms with Gasteiger partial charge in [0.25, 0.3) is 5.69 Å². The molecule has 0 spiro atoms. The zero-order valence-electron chi connectivity index (χ0n) is 32.3. The van der Waals surface area contributed by atoms with E-state index in [1.165, 1.54) is 153 Å². The molecule has 292 valence electrons. The first-order valence-corrected chi connectivity index (χ1v) is 20.6. The number of carbonyl (C=O) groups excluding carboxylic acids is 3. The van der Waals surface area contributed by atoms with Crippen LogP contribution in [-0.2, 0) is 23.8 Å². The van der Waals surface area contributed by atoms with E-state index < -0.39 is 23.0 Å². The second kappa shape index (κ2) is 32.9. The van der Waals surface area contributed by atoms with Gasteiger partial charge >= 0.3 is 17.9 Å². The summed E-state index contributed by atoms with van der Waals surface area (Å²) in [6.45, 7) is 4.00. The Labute approximate surface area is 309 Å². The minimum atomic E-state index is -0.933. The van der Waals surface area contributed by atoms with Crippen LogP contribution < -0.4 is 0 Å². The molecule has 0 radical (unpaired) electrons. The van der Waals surface area contributed by atoms with Crippen molar-refractivity contribution in [1.29, 1.82) is 0 Å². The molecular formula is C42H71NO8. The Morgan fingerprint density at radius 1 is 0.529 bits per heavy atom. The third-order valence-electron chi connectivity index (χ3n) is 9.41. The molecule has 1 aromatic carbocycles. The van der Waals surface area contributed by atoms with Crippen molar-refractivity contribution in [3.05, 3.63) is 39.9 Å². The Morgan fingerprint density at radius 3 is 1.27 bits per heavy atom. The minimum absolute atomic E-state index is 0.136. The lowest BCUT2D eigenvalue weighted by atomic mass is 10.0. The maximum atomic E-state index is 12.7. The fourth-order valence-electron chi connectivity index (χ4n) is 6.16. The van der Waals surface area contributed by atoms with Crippen molar-refractivity contribution in [3.63, 3.8) is 0 Å². The van der Waals surface area contributed by atoms with Gasteiger partial charge in [0.2, 0.25) is 0 Å². The maximum absolute atomic E-state index is 12.7. The largest absolute Gasteiger partial charge is 0.462 e. The minimum Gasteiger partial charge on any atom is -0.462 e. The van der Waals surface area contributed by atoms with E-state index in [0.717, 1.165) is 32.1 Å². The number of benzene rings is 1. The predicted molar refractivity (Wildman–Crippen MR) is 205 cm³/mol. The van der Waals surface area contributed by atoms with E-state index in [9.17, 15) is 24.5 Å². The van der Waals surface area contributed by atoms with Crippen molar-refractivity contribution in [3.8, 4) is 0 Å². The average Bonchev–Trinajstić information content (AvgIpc) is 3.13. The predicted octanol–water partition coefficient (Wildman–Crippen LogP) is 12.2. The molecule has 0 aromatic heterocycles. The zero-order valence-corrected chi connectivity index (χ0v) is 32.3. The van der Waals surface area contributed by atoms with E-state index in [1.54, 1.807) is 0 Å². The molecule has 9 heteroatoms. The molecule has 9 nitrogen and oxygen atoms in total. The van der Waals surface area contributed by atoms with E-state index in [1.807, 2.05) is 0 Å². The molecule has 1 atom stereocenters. The highest BCUT2D eigenvalue weighted by molar-refractivity contribution is 5.89. The van der Waals surface area contributed by atoms with Crippen LogP contribution in [0.4, 0.5) is 5.69 Å². The molecule has 0 aliphatic heterocycles. The first-order chi connectivity index (χ1) is 24.9. The van der Waals surface area contributed by atoms with Gasteiger partial charge in [0.15, 0.2) is 6.10 Å². The normalized spacial score (nSPS) is 11.6. The van der Waals surface area contributed by atoms with E-state index in [2.05, 4.69) is 13.8 Å². The average molecular weight is 718 g/mol. The molecule has 0 N–H and O–H groups in total. The van der Waals surface area contributed by atoms with Crippen LogP contribution in [0.2, 0.25) is 0 Å². The third kappa shape index (κ3) is 27.4. The number of ether oxygens (including phenoxy) is 3. The molecule has 0 heterocycles. The number of hydrogen-bond acceptors (Lipinski definition) is 8. The molecular weight excluding hydrogens is 646 g/mol. The summed E-state index contributed by atoms with van der Waals surface area (Å²) < 4.78 is 16.4. The molecule has 0 saturated heterocycles. The third-order valence-corrected chi connectivity index (χ3v) is 9.41. The van der Waals surface area contributed by atoms with Crippen LogP contribution >= 0.6 is 0 Å². The summed E-state index contributed by atoms with van der Waals surface area (Å²) in [4.78, 5) is 48.1. The van der Waals surface area contributed by atoms with E-state index in [-0.39, 0.29) is 36.9 Å². The summed E-state index contributed by atoms with van der Waals surface area (Å²) in [6, 6.07) is 5.07. The van der Waals surface area contributed by atoms with Gasteiger partial charge in [0.05, 0.1) is 10.5 Å². The van der Waals surface area contributed by atoms with Crippen LogP contribution in [0.3, 0.4) is 0 Å². The van der Waals surface area contributed by atoms with Gasteiger partial charge in [-0.05, 0) is 25.0 Å². The van der Waals surface area contributed by atoms with Crippen molar-refractivity contribution in [2.75, 3.05) is 13.2 Å². The van der Waals surface area contributed by atoms with Gasteiger partial charge in [-0.3, -0.25) is 19.7 Å². The van der Waals surface area contributed by atoms with Gasteiger partial charge in [-0.2, -0.15) is 0 Å². The summed E-state index contributed by atoms with van der Waals surface area (Å²) in [5, 5.41) is 10.9. The number of hydrogen-bond donors (Lipinski definition) is 0. The Kier molecular flexibility index (Phi) is 29.7. The second-order valence-electron chi connectivity index (χ2n) is 14.2. The molecule has 51 heavy (non-hydrogen) atoms. The van der Waals surface area contributed by atoms with Gasteiger partial charge in [0, 0.05) is 25.0 Å². The molecule has 0 bridgehead atoms. The molecule has 0 aliphatic rings. The summed E-state index contributed by atoms with van der Waals surface area (Å²) in [6.07, 6.45) is 31.2. The number of nitro benzene ring substituents is 1. The van der Waals surface area contributed by atoms with Crippen LogP contribution in [0.1, 0.15) is 204 Å². The van der Waals surface area contributed by atoms with Gasteiger partial charge in [-0.1, -0.05) is 168 Å². The number of carbonyl (C=O) groups is 3. The Morgan fingerprint density at radius 2 is 0.882 bits per heavy atom. The van der Waals surface area contributed by atoms with Crippen molar-refractivity contribution in [2.45, 2.75) is 200 Å². The highest BCUT2D eigenvalue weighted by Crippen LogP contribution is 2.16. The Bertz CT molecular complexity index is 1030. The van der Waals surface area contributed by atoms with Gasteiger partial charge in [-0.25, -0.2) is 4.79 Å². The summed E-state index contributed by atoms with van der Waals surface area (Å²) >= 11 is 0. The number of nitrogens with zero attached hydrogens (tertiary/aromatic N) is 1. The first-order valence-electron chi connectivity index (χ1n) is 20.6. The van der Waals surface area contributed by atoms with Crippen molar-refractivity contribution >= 4 is 23.6 Å². The lowest BCUT2D eigenvalue weighted by molar-refractivity contribution is -0.384. The Balaban J connectivity index is 2.34. The van der Waals surface area contributed by atoms with E-state index >= 15 is 0 Å². The Hall–Kier alpha value is -2.97. The number of nitro groups is 1. The monoisotopic (exact) mass is 718 g/mol. The molecule has 0 aliphatic carbocycles. The standard InChI is InChI=1S/C42H71NO8/c1-3-5-7-9-11-13-15-17-19-21-23-25-27-29-40(44)49-35-39(36-50-42(46)37-31-33-38(34-32-37)43(47)48)51-41(45)30-28-26-24-22-20-18-16-14-12-10-8-6-4-2/h31-34,39H,3-30,35-36H2,1-2H3/t39-/m0/s1. The van der Waals surface area contributed by atoms with Crippen LogP contribution in [0, 0.1) is 10.1 Å². The molecule has 1 aromatic rings. The number of rotatable bonds is 35. The first kappa shape index (κ1) is 46.1. The lowest BCUT2D eigenvalue weighted by Gasteiger charge is -2.18. The molecule has 0 saturated carbocycles. The quantitative estimate of drug-likeness (QED) is 0.0223. The summed E-state index contributed by atoms with van der Waals surface area (Å²) in [7, 11) is 0. The molecule has 0 unspecified atom stereocenters. The van der Waals surface area contributed by atoms with Gasteiger partial charge in [0.1, 0.15) is 13.2 Å². The topological polar surface area (TPSA) is 122 Å². The summed E-state index contributed by atoms with van der Waals surface area (Å²) in [5.74, 6) is -1.49. The fraction of sp³-hybridized carbons (Fsp3) is 0.786. The highest BCUT2D eigenvalue weighted by atomic mass is 16.6. The number of esters is 3. The smallest absolute Gasteiger partial charge is 0.338 e. The highest BCUT2D eigenvalue weighted by Gasteiger charge is 2.20. The van der Waals surface area contributed by atoms with E-state index in [4.69, 9.17) is 14.2 Å².